The molecule has 0 amide bonds. The first kappa shape index (κ1) is 9.05. The summed E-state index contributed by atoms with van der Waals surface area (Å²) in [4.78, 5) is 13.0. The quantitative estimate of drug-likeness (QED) is 0.546. The van der Waals surface area contributed by atoms with E-state index in [9.17, 15) is 4.79 Å². The standard InChI is InChI=1S/C9H14N2O/c1-7(2)8-5-11(6-10)4-3-9(8)12/h7-8H,3-5H2,1-2H3. The number of nitrogens with zero attached hydrogens (tertiary/aromatic N) is 2. The molecule has 1 fully saturated rings. The van der Waals surface area contributed by atoms with Crippen LogP contribution in [0.4, 0.5) is 0 Å². The maximum atomic E-state index is 11.4. The van der Waals surface area contributed by atoms with Gasteiger partial charge in [-0.05, 0) is 5.92 Å². The number of rotatable bonds is 1. The third-order valence-electron chi connectivity index (χ3n) is 2.40. The normalized spacial score (nSPS) is 24.3. The summed E-state index contributed by atoms with van der Waals surface area (Å²) in [5, 5.41) is 8.64. The Morgan fingerprint density at radius 1 is 1.67 bits per heavy atom. The van der Waals surface area contributed by atoms with Gasteiger partial charge in [0.1, 0.15) is 5.78 Å². The zero-order valence-corrected chi connectivity index (χ0v) is 7.58. The average molecular weight is 166 g/mol. The molecule has 0 aromatic rings. The van der Waals surface area contributed by atoms with Crippen molar-refractivity contribution >= 4 is 5.78 Å². The van der Waals surface area contributed by atoms with Crippen molar-refractivity contribution in [3.63, 3.8) is 0 Å². The zero-order valence-electron chi connectivity index (χ0n) is 7.58. The van der Waals surface area contributed by atoms with Crippen LogP contribution in [0.1, 0.15) is 20.3 Å². The van der Waals surface area contributed by atoms with Crippen molar-refractivity contribution in [1.82, 2.24) is 4.90 Å². The lowest BCUT2D eigenvalue weighted by atomic mass is 9.87. The van der Waals surface area contributed by atoms with E-state index in [2.05, 4.69) is 6.19 Å². The van der Waals surface area contributed by atoms with E-state index in [-0.39, 0.29) is 5.92 Å². The molecule has 66 valence electrons. The van der Waals surface area contributed by atoms with E-state index in [4.69, 9.17) is 5.26 Å². The van der Waals surface area contributed by atoms with E-state index in [1.165, 1.54) is 0 Å². The van der Waals surface area contributed by atoms with Gasteiger partial charge in [0, 0.05) is 25.4 Å². The molecule has 1 heterocycles. The SMILES string of the molecule is CC(C)C1CN(C#N)CCC1=O. The Bertz CT molecular complexity index is 217. The van der Waals surface area contributed by atoms with Crippen LogP contribution < -0.4 is 0 Å². The molecule has 1 unspecified atom stereocenters. The van der Waals surface area contributed by atoms with Crippen LogP contribution in [0.15, 0.2) is 0 Å². The first-order valence-corrected chi connectivity index (χ1v) is 4.32. The largest absolute Gasteiger partial charge is 0.309 e. The maximum Gasteiger partial charge on any atom is 0.179 e. The van der Waals surface area contributed by atoms with Gasteiger partial charge in [0.25, 0.3) is 0 Å². The Hall–Kier alpha value is -1.04. The lowest BCUT2D eigenvalue weighted by Gasteiger charge is -2.29. The molecule has 3 nitrogen and oxygen atoms in total. The number of piperidine rings is 1. The summed E-state index contributed by atoms with van der Waals surface area (Å²) >= 11 is 0. The fourth-order valence-corrected chi connectivity index (χ4v) is 1.53. The van der Waals surface area contributed by atoms with E-state index < -0.39 is 0 Å². The highest BCUT2D eigenvalue weighted by atomic mass is 16.1. The van der Waals surface area contributed by atoms with E-state index in [0.29, 0.717) is 31.2 Å². The minimum absolute atomic E-state index is 0.0680. The molecule has 0 bridgehead atoms. The fraction of sp³-hybridized carbons (Fsp3) is 0.778. The van der Waals surface area contributed by atoms with Crippen LogP contribution in [-0.4, -0.2) is 23.8 Å². The molecule has 0 aromatic carbocycles. The van der Waals surface area contributed by atoms with Crippen molar-refractivity contribution in [2.75, 3.05) is 13.1 Å². The number of carbonyl (C=O) groups is 1. The topological polar surface area (TPSA) is 44.1 Å². The van der Waals surface area contributed by atoms with Crippen LogP contribution in [0, 0.1) is 23.3 Å². The summed E-state index contributed by atoms with van der Waals surface area (Å²) in [6, 6.07) is 0. The number of ketones is 1. The second-order valence-electron chi connectivity index (χ2n) is 3.61. The van der Waals surface area contributed by atoms with Gasteiger partial charge in [-0.1, -0.05) is 13.8 Å². The third-order valence-corrected chi connectivity index (χ3v) is 2.40. The molecule has 1 aliphatic rings. The summed E-state index contributed by atoms with van der Waals surface area (Å²) in [5.74, 6) is 0.739. The molecular weight excluding hydrogens is 152 g/mol. The van der Waals surface area contributed by atoms with Gasteiger partial charge in [-0.25, -0.2) is 0 Å². The Labute approximate surface area is 73.0 Å². The monoisotopic (exact) mass is 166 g/mol. The predicted octanol–water partition coefficient (Wildman–Crippen LogP) is 1.01. The molecule has 0 spiro atoms. The molecule has 0 N–H and O–H groups in total. The number of nitriles is 1. The van der Waals surface area contributed by atoms with Gasteiger partial charge < -0.3 is 4.90 Å². The number of carbonyl (C=O) groups excluding carboxylic acids is 1. The van der Waals surface area contributed by atoms with Gasteiger partial charge in [0.2, 0.25) is 0 Å². The van der Waals surface area contributed by atoms with Crippen LogP contribution in [0.2, 0.25) is 0 Å². The summed E-state index contributed by atoms with van der Waals surface area (Å²) in [6.45, 7) is 5.29. The maximum absolute atomic E-state index is 11.4. The number of hydrogen-bond acceptors (Lipinski definition) is 3. The average Bonchev–Trinajstić information content (AvgIpc) is 2.05. The molecule has 1 atom stereocenters. The van der Waals surface area contributed by atoms with Crippen molar-refractivity contribution in [2.24, 2.45) is 11.8 Å². The van der Waals surface area contributed by atoms with Crippen LogP contribution in [0.3, 0.4) is 0 Å². The van der Waals surface area contributed by atoms with E-state index >= 15 is 0 Å². The van der Waals surface area contributed by atoms with Gasteiger partial charge in [-0.2, -0.15) is 5.26 Å². The van der Waals surface area contributed by atoms with Crippen molar-refractivity contribution in [3.05, 3.63) is 0 Å². The highest BCUT2D eigenvalue weighted by Crippen LogP contribution is 2.19. The molecule has 12 heavy (non-hydrogen) atoms. The molecule has 0 aromatic heterocycles. The molecule has 0 saturated carbocycles. The highest BCUT2D eigenvalue weighted by molar-refractivity contribution is 5.82. The van der Waals surface area contributed by atoms with Gasteiger partial charge >= 0.3 is 0 Å². The van der Waals surface area contributed by atoms with Gasteiger partial charge in [-0.3, -0.25) is 4.79 Å². The summed E-state index contributed by atoms with van der Waals surface area (Å²) < 4.78 is 0. The van der Waals surface area contributed by atoms with E-state index in [1.54, 1.807) is 4.90 Å². The van der Waals surface area contributed by atoms with E-state index in [0.717, 1.165) is 0 Å². The number of likely N-dealkylation sites (tertiary alicyclic amines) is 1. The Kier molecular flexibility index (Phi) is 2.69. The minimum Gasteiger partial charge on any atom is -0.309 e. The Morgan fingerprint density at radius 3 is 2.83 bits per heavy atom. The molecule has 1 aliphatic heterocycles. The molecule has 0 aliphatic carbocycles. The first-order chi connectivity index (χ1) is 5.65. The molecule has 3 heteroatoms. The van der Waals surface area contributed by atoms with Crippen LogP contribution >= 0.6 is 0 Å². The summed E-state index contributed by atoms with van der Waals surface area (Å²) in [6.07, 6.45) is 2.63. The van der Waals surface area contributed by atoms with Crippen LogP contribution in [0.25, 0.3) is 0 Å². The van der Waals surface area contributed by atoms with Gasteiger partial charge in [0.05, 0.1) is 0 Å². The highest BCUT2D eigenvalue weighted by Gasteiger charge is 2.28. The third kappa shape index (κ3) is 1.76. The second kappa shape index (κ2) is 3.57. The summed E-state index contributed by atoms with van der Waals surface area (Å²) in [7, 11) is 0. The van der Waals surface area contributed by atoms with Crippen molar-refractivity contribution < 1.29 is 4.79 Å². The minimum atomic E-state index is 0.0680. The fourth-order valence-electron chi connectivity index (χ4n) is 1.53. The molecule has 0 radical (unpaired) electrons. The number of hydrogen-bond donors (Lipinski definition) is 0. The lowest BCUT2D eigenvalue weighted by Crippen LogP contribution is -2.40. The Morgan fingerprint density at radius 2 is 2.33 bits per heavy atom. The second-order valence-corrected chi connectivity index (χ2v) is 3.61. The van der Waals surface area contributed by atoms with Crippen LogP contribution in [-0.2, 0) is 4.79 Å². The summed E-state index contributed by atoms with van der Waals surface area (Å²) in [5.41, 5.74) is 0. The van der Waals surface area contributed by atoms with Crippen molar-refractivity contribution in [2.45, 2.75) is 20.3 Å². The van der Waals surface area contributed by atoms with Crippen molar-refractivity contribution in [3.8, 4) is 6.19 Å². The smallest absolute Gasteiger partial charge is 0.179 e. The lowest BCUT2D eigenvalue weighted by molar-refractivity contribution is -0.126. The predicted molar refractivity (Wildman–Crippen MR) is 45.1 cm³/mol. The molecule has 1 rings (SSSR count). The van der Waals surface area contributed by atoms with Gasteiger partial charge in [0.15, 0.2) is 6.19 Å². The number of Topliss-reactive ketones (excluding diaryl/α,β-unsaturated/α-hetero) is 1. The zero-order chi connectivity index (χ0) is 9.14. The Balaban J connectivity index is 2.60. The molecule has 1 saturated heterocycles. The first-order valence-electron chi connectivity index (χ1n) is 4.32. The van der Waals surface area contributed by atoms with Gasteiger partial charge in [-0.15, -0.1) is 0 Å². The molecular formula is C9H14N2O. The van der Waals surface area contributed by atoms with Crippen LogP contribution in [0.5, 0.6) is 0 Å². The van der Waals surface area contributed by atoms with Crippen molar-refractivity contribution in [1.29, 1.82) is 5.26 Å². The van der Waals surface area contributed by atoms with E-state index in [1.807, 2.05) is 13.8 Å².